The third-order valence-electron chi connectivity index (χ3n) is 6.33. The smallest absolute Gasteiger partial charge is 0.261 e. The van der Waals surface area contributed by atoms with Crippen LogP contribution in [0.15, 0.2) is 36.4 Å². The van der Waals surface area contributed by atoms with Gasteiger partial charge in [0, 0.05) is 12.7 Å². The van der Waals surface area contributed by atoms with Crippen LogP contribution in [0.3, 0.4) is 0 Å². The molecule has 1 aliphatic carbocycles. The van der Waals surface area contributed by atoms with E-state index in [0.717, 1.165) is 36.1 Å². The molecule has 1 N–H and O–H groups in total. The lowest BCUT2D eigenvalue weighted by Gasteiger charge is -2.30. The summed E-state index contributed by atoms with van der Waals surface area (Å²) in [5, 5.41) is 2.99. The lowest BCUT2D eigenvalue weighted by atomic mass is 9.77. The highest BCUT2D eigenvalue weighted by molar-refractivity contribution is 6.21. The second-order valence-corrected chi connectivity index (χ2v) is 8.03. The number of hydrogen-bond donors (Lipinski definition) is 1. The lowest BCUT2D eigenvalue weighted by molar-refractivity contribution is -0.121. The molecule has 2 heterocycles. The maximum atomic E-state index is 13.5. The van der Waals surface area contributed by atoms with Crippen molar-refractivity contribution in [2.45, 2.75) is 31.1 Å². The summed E-state index contributed by atoms with van der Waals surface area (Å²) in [4.78, 5) is 38.9. The summed E-state index contributed by atoms with van der Waals surface area (Å²) in [6, 6.07) is 10.6. The van der Waals surface area contributed by atoms with Gasteiger partial charge in [-0.15, -0.1) is 0 Å². The minimum atomic E-state index is -0.661. The molecule has 3 aliphatic rings. The van der Waals surface area contributed by atoms with Crippen molar-refractivity contribution in [2.24, 2.45) is 0 Å². The molecule has 1 saturated carbocycles. The lowest BCUT2D eigenvalue weighted by Crippen LogP contribution is -2.38. The van der Waals surface area contributed by atoms with Gasteiger partial charge in [-0.1, -0.05) is 18.9 Å². The van der Waals surface area contributed by atoms with Gasteiger partial charge in [0.1, 0.15) is 13.2 Å². The fourth-order valence-electron chi connectivity index (χ4n) is 4.66. The van der Waals surface area contributed by atoms with E-state index in [0.29, 0.717) is 41.5 Å². The third-order valence-corrected chi connectivity index (χ3v) is 6.33. The van der Waals surface area contributed by atoms with Gasteiger partial charge in [-0.2, -0.15) is 0 Å². The van der Waals surface area contributed by atoms with Crippen molar-refractivity contribution in [3.8, 4) is 11.5 Å². The molecule has 7 heteroatoms. The molecule has 154 valence electrons. The van der Waals surface area contributed by atoms with Crippen molar-refractivity contribution in [3.63, 3.8) is 0 Å². The highest BCUT2D eigenvalue weighted by Crippen LogP contribution is 2.45. The molecule has 0 unspecified atom stereocenters. The second kappa shape index (κ2) is 6.86. The molecule has 2 aromatic rings. The van der Waals surface area contributed by atoms with E-state index in [1.165, 1.54) is 7.05 Å². The van der Waals surface area contributed by atoms with E-state index in [-0.39, 0.29) is 17.7 Å². The summed E-state index contributed by atoms with van der Waals surface area (Å²) in [6.07, 6.45) is 3.40. The number of imide groups is 1. The van der Waals surface area contributed by atoms with E-state index in [4.69, 9.17) is 9.47 Å². The maximum Gasteiger partial charge on any atom is 0.261 e. The minimum absolute atomic E-state index is 0.109. The molecule has 1 fully saturated rings. The molecule has 0 aromatic heterocycles. The van der Waals surface area contributed by atoms with Gasteiger partial charge >= 0.3 is 0 Å². The van der Waals surface area contributed by atoms with E-state index in [9.17, 15) is 14.4 Å². The molecule has 0 radical (unpaired) electrons. The van der Waals surface area contributed by atoms with Gasteiger partial charge in [-0.3, -0.25) is 19.3 Å². The van der Waals surface area contributed by atoms with Crippen molar-refractivity contribution < 1.29 is 23.9 Å². The van der Waals surface area contributed by atoms with Crippen molar-refractivity contribution in [3.05, 3.63) is 53.1 Å². The van der Waals surface area contributed by atoms with Crippen LogP contribution in [-0.2, 0) is 10.2 Å². The number of nitrogens with zero attached hydrogens (tertiary/aromatic N) is 1. The van der Waals surface area contributed by atoms with Crippen molar-refractivity contribution in [1.82, 2.24) is 4.90 Å². The Hall–Kier alpha value is -3.35. The number of ether oxygens (including phenoxy) is 2. The summed E-state index contributed by atoms with van der Waals surface area (Å²) in [5.41, 5.74) is 1.45. The first kappa shape index (κ1) is 18.7. The molecule has 3 amide bonds. The molecule has 0 saturated heterocycles. The van der Waals surface area contributed by atoms with Crippen LogP contribution in [-0.4, -0.2) is 42.9 Å². The minimum Gasteiger partial charge on any atom is -0.486 e. The predicted molar refractivity (Wildman–Crippen MR) is 109 cm³/mol. The van der Waals surface area contributed by atoms with E-state index >= 15 is 0 Å². The number of carbonyl (C=O) groups excluding carboxylic acids is 3. The zero-order valence-electron chi connectivity index (χ0n) is 16.7. The number of hydrogen-bond acceptors (Lipinski definition) is 5. The zero-order valence-corrected chi connectivity index (χ0v) is 16.7. The Labute approximate surface area is 174 Å². The van der Waals surface area contributed by atoms with Gasteiger partial charge in [0.25, 0.3) is 11.8 Å². The van der Waals surface area contributed by atoms with Gasteiger partial charge in [0.05, 0.1) is 16.5 Å². The first-order chi connectivity index (χ1) is 14.5. The van der Waals surface area contributed by atoms with Crippen LogP contribution < -0.4 is 14.8 Å². The largest absolute Gasteiger partial charge is 0.486 e. The van der Waals surface area contributed by atoms with Gasteiger partial charge < -0.3 is 14.8 Å². The van der Waals surface area contributed by atoms with Gasteiger partial charge in [0.2, 0.25) is 5.91 Å². The Kier molecular flexibility index (Phi) is 4.27. The Balaban J connectivity index is 1.46. The Morgan fingerprint density at radius 1 is 0.933 bits per heavy atom. The summed E-state index contributed by atoms with van der Waals surface area (Å²) in [5.74, 6) is 0.582. The number of benzene rings is 2. The first-order valence-corrected chi connectivity index (χ1v) is 10.2. The fourth-order valence-corrected chi connectivity index (χ4v) is 4.66. The Morgan fingerprint density at radius 2 is 1.63 bits per heavy atom. The molecule has 5 rings (SSSR count). The average Bonchev–Trinajstić information content (AvgIpc) is 3.35. The Morgan fingerprint density at radius 3 is 2.40 bits per heavy atom. The number of rotatable bonds is 3. The van der Waals surface area contributed by atoms with Crippen LogP contribution >= 0.6 is 0 Å². The molecular weight excluding hydrogens is 384 g/mol. The molecule has 0 atom stereocenters. The average molecular weight is 406 g/mol. The molecule has 2 aliphatic heterocycles. The quantitative estimate of drug-likeness (QED) is 0.792. The number of nitrogens with one attached hydrogen (secondary N) is 1. The fraction of sp³-hybridized carbons (Fsp3) is 0.348. The van der Waals surface area contributed by atoms with Crippen LogP contribution in [0, 0.1) is 0 Å². The summed E-state index contributed by atoms with van der Waals surface area (Å²) < 4.78 is 11.3. The Bertz CT molecular complexity index is 1070. The van der Waals surface area contributed by atoms with Crippen molar-refractivity contribution in [1.29, 1.82) is 0 Å². The van der Waals surface area contributed by atoms with Crippen LogP contribution in [0.1, 0.15) is 52.0 Å². The SMILES string of the molecule is CN1C(=O)c2ccc(NC(=O)C3(c4ccc5c(c4)OCCO5)CCCC3)cc2C1=O. The molecule has 0 spiro atoms. The highest BCUT2D eigenvalue weighted by atomic mass is 16.6. The zero-order chi connectivity index (χ0) is 20.9. The summed E-state index contributed by atoms with van der Waals surface area (Å²) in [7, 11) is 1.46. The van der Waals surface area contributed by atoms with Crippen LogP contribution in [0.4, 0.5) is 5.69 Å². The van der Waals surface area contributed by atoms with Gasteiger partial charge in [-0.25, -0.2) is 0 Å². The standard InChI is InChI=1S/C23H22N2O5/c1-25-20(26)16-6-5-15(13-17(16)21(25)27)24-22(28)23(8-2-3-9-23)14-4-7-18-19(12-14)30-11-10-29-18/h4-7,12-13H,2-3,8-11H2,1H3,(H,24,28). The molecule has 7 nitrogen and oxygen atoms in total. The predicted octanol–water partition coefficient (Wildman–Crippen LogP) is 3.13. The highest BCUT2D eigenvalue weighted by Gasteiger charge is 2.43. The summed E-state index contributed by atoms with van der Waals surface area (Å²) >= 11 is 0. The first-order valence-electron chi connectivity index (χ1n) is 10.2. The van der Waals surface area contributed by atoms with Gasteiger partial charge in [0.15, 0.2) is 11.5 Å². The van der Waals surface area contributed by atoms with Crippen LogP contribution in [0.2, 0.25) is 0 Å². The third kappa shape index (κ3) is 2.76. The van der Waals surface area contributed by atoms with Crippen LogP contribution in [0.5, 0.6) is 11.5 Å². The van der Waals surface area contributed by atoms with E-state index in [2.05, 4.69) is 5.32 Å². The molecule has 30 heavy (non-hydrogen) atoms. The summed E-state index contributed by atoms with van der Waals surface area (Å²) in [6.45, 7) is 1.01. The van der Waals surface area contributed by atoms with E-state index < -0.39 is 5.41 Å². The van der Waals surface area contributed by atoms with Gasteiger partial charge in [-0.05, 0) is 48.7 Å². The normalized spacial score (nSPS) is 19.0. The topological polar surface area (TPSA) is 84.9 Å². The number of carbonyl (C=O) groups is 3. The molecular formula is C23H22N2O5. The second-order valence-electron chi connectivity index (χ2n) is 8.03. The number of fused-ring (bicyclic) bond motifs is 2. The van der Waals surface area contributed by atoms with Crippen molar-refractivity contribution in [2.75, 3.05) is 25.6 Å². The maximum absolute atomic E-state index is 13.5. The van der Waals surface area contributed by atoms with E-state index in [1.54, 1.807) is 18.2 Å². The number of anilines is 1. The van der Waals surface area contributed by atoms with Crippen LogP contribution in [0.25, 0.3) is 0 Å². The molecule has 2 aromatic carbocycles. The van der Waals surface area contributed by atoms with Crippen molar-refractivity contribution >= 4 is 23.4 Å². The monoisotopic (exact) mass is 406 g/mol. The van der Waals surface area contributed by atoms with E-state index in [1.807, 2.05) is 18.2 Å². The molecule has 0 bridgehead atoms. The number of amides is 3.